The van der Waals surface area contributed by atoms with Crippen molar-refractivity contribution in [1.29, 1.82) is 0 Å². The molecule has 2 aliphatic heterocycles. The number of fused-ring (bicyclic) bond motifs is 6. The third-order valence-corrected chi connectivity index (χ3v) is 4.64. The summed E-state index contributed by atoms with van der Waals surface area (Å²) >= 11 is 0. The van der Waals surface area contributed by atoms with Crippen molar-refractivity contribution in [3.05, 3.63) is 52.6 Å². The van der Waals surface area contributed by atoms with E-state index in [1.807, 2.05) is 6.07 Å². The van der Waals surface area contributed by atoms with Gasteiger partial charge in [-0.1, -0.05) is 0 Å². The minimum atomic E-state index is -0.0947. The molecule has 4 heterocycles. The Morgan fingerprint density at radius 2 is 1.76 bits per heavy atom. The number of hydrogen-bond acceptors (Lipinski definition) is 6. The van der Waals surface area contributed by atoms with Gasteiger partial charge >= 0.3 is 0 Å². The molecule has 0 amide bonds. The van der Waals surface area contributed by atoms with E-state index in [1.165, 1.54) is 0 Å². The van der Waals surface area contributed by atoms with Gasteiger partial charge in [-0.2, -0.15) is 0 Å². The largest absolute Gasteiger partial charge is 0.485 e. The fourth-order valence-corrected chi connectivity index (χ4v) is 3.45. The second kappa shape index (κ2) is 4.36. The predicted octanol–water partition coefficient (Wildman–Crippen LogP) is 3.83. The van der Waals surface area contributed by atoms with Crippen LogP contribution < -0.4 is 19.6 Å². The zero-order valence-electron chi connectivity index (χ0n) is 12.8. The van der Waals surface area contributed by atoms with Gasteiger partial charge in [0.2, 0.25) is 12.2 Å². The van der Waals surface area contributed by atoms with Crippen molar-refractivity contribution < 1.29 is 23.0 Å². The maximum Gasteiger partial charge on any atom is 0.231 e. The molecule has 0 atom stereocenters. The van der Waals surface area contributed by atoms with Crippen LogP contribution in [0.2, 0.25) is 0 Å². The van der Waals surface area contributed by atoms with Crippen molar-refractivity contribution >= 4 is 21.9 Å². The van der Waals surface area contributed by atoms with E-state index in [0.29, 0.717) is 50.7 Å². The Morgan fingerprint density at radius 1 is 0.880 bits per heavy atom. The molecular weight excluding hydrogens is 324 g/mol. The molecule has 0 radical (unpaired) electrons. The van der Waals surface area contributed by atoms with Crippen LogP contribution in [-0.4, -0.2) is 6.79 Å². The summed E-state index contributed by atoms with van der Waals surface area (Å²) in [6.45, 7) is 0.346. The van der Waals surface area contributed by atoms with Gasteiger partial charge in [0, 0.05) is 23.1 Å². The monoisotopic (exact) mass is 334 g/mol. The average Bonchev–Trinajstić information content (AvgIpc) is 3.26. The van der Waals surface area contributed by atoms with Crippen LogP contribution in [0.4, 0.5) is 0 Å². The zero-order chi connectivity index (χ0) is 16.5. The third-order valence-electron chi connectivity index (χ3n) is 4.64. The molecule has 2 aromatic heterocycles. The average molecular weight is 334 g/mol. The van der Waals surface area contributed by atoms with E-state index in [2.05, 4.69) is 0 Å². The number of rotatable bonds is 0. The van der Waals surface area contributed by atoms with E-state index in [0.717, 1.165) is 5.39 Å². The highest BCUT2D eigenvalue weighted by atomic mass is 16.7. The van der Waals surface area contributed by atoms with Crippen LogP contribution in [0.1, 0.15) is 5.76 Å². The Hall–Kier alpha value is -3.41. The Morgan fingerprint density at radius 3 is 2.68 bits per heavy atom. The third kappa shape index (κ3) is 1.65. The van der Waals surface area contributed by atoms with Crippen LogP contribution in [0.25, 0.3) is 33.1 Å². The summed E-state index contributed by atoms with van der Waals surface area (Å²) in [5.41, 5.74) is 2.24. The smallest absolute Gasteiger partial charge is 0.231 e. The Kier molecular flexibility index (Phi) is 2.26. The summed E-state index contributed by atoms with van der Waals surface area (Å²) in [6.07, 6.45) is 1.59. The van der Waals surface area contributed by atoms with Gasteiger partial charge in [0.1, 0.15) is 23.5 Å². The summed E-state index contributed by atoms with van der Waals surface area (Å²) in [6, 6.07) is 8.88. The fourth-order valence-electron chi connectivity index (χ4n) is 3.45. The predicted molar refractivity (Wildman–Crippen MR) is 88.1 cm³/mol. The quantitative estimate of drug-likeness (QED) is 0.487. The second-order valence-electron chi connectivity index (χ2n) is 6.03. The van der Waals surface area contributed by atoms with E-state index in [4.69, 9.17) is 23.0 Å². The Labute approximate surface area is 140 Å². The van der Waals surface area contributed by atoms with Crippen molar-refractivity contribution in [3.63, 3.8) is 0 Å². The van der Waals surface area contributed by atoms with Crippen molar-refractivity contribution in [3.8, 4) is 28.4 Å². The van der Waals surface area contributed by atoms with Crippen LogP contribution in [0.15, 0.2) is 50.2 Å². The van der Waals surface area contributed by atoms with Crippen molar-refractivity contribution in [2.24, 2.45) is 0 Å². The summed E-state index contributed by atoms with van der Waals surface area (Å²) in [4.78, 5) is 13.2. The number of ether oxygens (including phenoxy) is 3. The first-order valence-corrected chi connectivity index (χ1v) is 7.82. The highest BCUT2D eigenvalue weighted by Gasteiger charge is 2.28. The van der Waals surface area contributed by atoms with Crippen LogP contribution in [0.5, 0.6) is 17.2 Å². The maximum absolute atomic E-state index is 13.2. The second-order valence-corrected chi connectivity index (χ2v) is 6.03. The summed E-state index contributed by atoms with van der Waals surface area (Å²) < 4.78 is 27.9. The molecule has 0 spiro atoms. The molecule has 0 saturated heterocycles. The van der Waals surface area contributed by atoms with Gasteiger partial charge in [-0.15, -0.1) is 0 Å². The van der Waals surface area contributed by atoms with E-state index < -0.39 is 0 Å². The summed E-state index contributed by atoms with van der Waals surface area (Å²) in [5, 5.41) is 1.37. The first-order valence-electron chi connectivity index (χ1n) is 7.82. The maximum atomic E-state index is 13.2. The number of benzene rings is 2. The molecule has 25 heavy (non-hydrogen) atoms. The normalized spacial score (nSPS) is 14.4. The minimum absolute atomic E-state index is 0.0947. The molecule has 122 valence electrons. The van der Waals surface area contributed by atoms with Gasteiger partial charge in [0.15, 0.2) is 17.3 Å². The molecule has 2 aromatic carbocycles. The lowest BCUT2D eigenvalue weighted by Gasteiger charge is -2.20. The SMILES string of the molecule is O=c1c2c(oc3cc4occc4cc13)COc1cc3c(cc1-2)OCO3. The van der Waals surface area contributed by atoms with Gasteiger partial charge in [-0.05, 0) is 18.2 Å². The molecule has 6 nitrogen and oxygen atoms in total. The molecule has 2 aliphatic rings. The van der Waals surface area contributed by atoms with Gasteiger partial charge in [0.25, 0.3) is 0 Å². The molecule has 0 aliphatic carbocycles. The topological polar surface area (TPSA) is 71.0 Å². The fraction of sp³-hybridized carbons (Fsp3) is 0.105. The highest BCUT2D eigenvalue weighted by Crippen LogP contribution is 2.45. The van der Waals surface area contributed by atoms with Gasteiger partial charge < -0.3 is 23.0 Å². The van der Waals surface area contributed by atoms with E-state index in [1.54, 1.807) is 30.5 Å². The first kappa shape index (κ1) is 12.9. The van der Waals surface area contributed by atoms with Crippen molar-refractivity contribution in [2.75, 3.05) is 6.79 Å². The lowest BCUT2D eigenvalue weighted by Crippen LogP contribution is -2.15. The van der Waals surface area contributed by atoms with E-state index in [9.17, 15) is 4.79 Å². The molecule has 0 fully saturated rings. The van der Waals surface area contributed by atoms with Crippen molar-refractivity contribution in [1.82, 2.24) is 0 Å². The highest BCUT2D eigenvalue weighted by molar-refractivity contribution is 5.95. The molecule has 4 aromatic rings. The Balaban J connectivity index is 1.71. The van der Waals surface area contributed by atoms with Crippen molar-refractivity contribution in [2.45, 2.75) is 6.61 Å². The number of hydrogen-bond donors (Lipinski definition) is 0. The van der Waals surface area contributed by atoms with Crippen LogP contribution in [-0.2, 0) is 6.61 Å². The minimum Gasteiger partial charge on any atom is -0.485 e. The van der Waals surface area contributed by atoms with Crippen LogP contribution >= 0.6 is 0 Å². The first-order chi connectivity index (χ1) is 12.3. The van der Waals surface area contributed by atoms with Gasteiger partial charge in [-0.3, -0.25) is 4.79 Å². The lowest BCUT2D eigenvalue weighted by molar-refractivity contribution is 0.173. The molecule has 0 saturated carbocycles. The lowest BCUT2D eigenvalue weighted by atomic mass is 9.98. The molecule has 6 heteroatoms. The van der Waals surface area contributed by atoms with Crippen LogP contribution in [0.3, 0.4) is 0 Å². The summed E-state index contributed by atoms with van der Waals surface area (Å²) in [7, 11) is 0. The van der Waals surface area contributed by atoms with E-state index in [-0.39, 0.29) is 18.8 Å². The molecule has 0 unspecified atom stereocenters. The molecule has 0 bridgehead atoms. The molecule has 0 N–H and O–H groups in total. The zero-order valence-corrected chi connectivity index (χ0v) is 12.8. The van der Waals surface area contributed by atoms with E-state index >= 15 is 0 Å². The molecule has 6 rings (SSSR count). The van der Waals surface area contributed by atoms with Crippen LogP contribution in [0, 0.1) is 0 Å². The summed E-state index contributed by atoms with van der Waals surface area (Å²) in [5.74, 6) is 2.30. The van der Waals surface area contributed by atoms with Gasteiger partial charge in [-0.25, -0.2) is 0 Å². The standard InChI is InChI=1S/C19H10O6/c20-19-11-3-9-1-2-21-12(9)5-14(11)25-17-7-22-13-6-16-15(23-8-24-16)4-10(13)18(17)19/h1-6H,7-8H2. The number of furan rings is 1. The Bertz CT molecular complexity index is 1250. The van der Waals surface area contributed by atoms with Gasteiger partial charge in [0.05, 0.1) is 17.2 Å². The molecular formula is C19H10O6.